The van der Waals surface area contributed by atoms with Crippen molar-refractivity contribution in [2.45, 2.75) is 45.1 Å². The lowest BCUT2D eigenvalue weighted by Gasteiger charge is -2.34. The van der Waals surface area contributed by atoms with Gasteiger partial charge in [-0.3, -0.25) is 5.01 Å². The van der Waals surface area contributed by atoms with Crippen LogP contribution in [-0.2, 0) is 19.3 Å². The minimum atomic E-state index is 0.183. The zero-order valence-corrected chi connectivity index (χ0v) is 11.7. The summed E-state index contributed by atoms with van der Waals surface area (Å²) >= 11 is 0. The lowest BCUT2D eigenvalue weighted by Crippen LogP contribution is -2.35. The van der Waals surface area contributed by atoms with Gasteiger partial charge in [0.15, 0.2) is 0 Å². The molecule has 0 bridgehead atoms. The molecule has 0 saturated carbocycles. The first-order valence-electron chi connectivity index (χ1n) is 7.08. The molecule has 0 atom stereocenters. The van der Waals surface area contributed by atoms with Crippen molar-refractivity contribution in [2.75, 3.05) is 18.4 Å². The molecule has 0 radical (unpaired) electrons. The van der Waals surface area contributed by atoms with Gasteiger partial charge in [0, 0.05) is 24.3 Å². The first-order valence-corrected chi connectivity index (χ1v) is 7.08. The summed E-state index contributed by atoms with van der Waals surface area (Å²) in [5.74, 6) is 0. The Morgan fingerprint density at radius 3 is 2.47 bits per heavy atom. The van der Waals surface area contributed by atoms with Gasteiger partial charge in [0.05, 0.1) is 5.29 Å². The molecule has 1 aromatic rings. The lowest BCUT2D eigenvalue weighted by molar-refractivity contribution is 0.299. The number of nitrogens with one attached hydrogen (secondary N) is 1. The Morgan fingerprint density at radius 1 is 1.11 bits per heavy atom. The Hall–Kier alpha value is -1.58. The molecule has 0 aromatic heterocycles. The molecule has 1 N–H and O–H groups in total. The minimum Gasteiger partial charge on any atom is -0.380 e. The fourth-order valence-corrected chi connectivity index (χ4v) is 3.10. The average Bonchev–Trinajstić information content (AvgIpc) is 2.57. The van der Waals surface area contributed by atoms with Gasteiger partial charge in [-0.2, -0.15) is 0 Å². The van der Waals surface area contributed by atoms with Crippen LogP contribution in [0.1, 0.15) is 37.0 Å². The molecule has 4 heteroatoms. The summed E-state index contributed by atoms with van der Waals surface area (Å²) in [6, 6.07) is 4.63. The lowest BCUT2D eigenvalue weighted by atomic mass is 9.87. The maximum absolute atomic E-state index is 10.7. The molecule has 0 aliphatic carbocycles. The van der Waals surface area contributed by atoms with Crippen molar-refractivity contribution in [1.29, 1.82) is 0 Å². The highest BCUT2D eigenvalue weighted by atomic mass is 16.3. The molecule has 102 valence electrons. The first kappa shape index (κ1) is 12.5. The van der Waals surface area contributed by atoms with E-state index in [1.54, 1.807) is 5.01 Å². The molecule has 4 nitrogen and oxygen atoms in total. The number of rotatable bonds is 1. The summed E-state index contributed by atoms with van der Waals surface area (Å²) in [7, 11) is 0. The highest BCUT2D eigenvalue weighted by molar-refractivity contribution is 5.59. The Kier molecular flexibility index (Phi) is 2.96. The van der Waals surface area contributed by atoms with Crippen LogP contribution in [0.4, 0.5) is 5.69 Å². The topological polar surface area (TPSA) is 44.7 Å². The molecule has 2 aliphatic heterocycles. The van der Waals surface area contributed by atoms with Crippen LogP contribution >= 0.6 is 0 Å². The molecule has 0 saturated heterocycles. The number of anilines is 1. The zero-order chi connectivity index (χ0) is 13.5. The SMILES string of the molecule is CC1(C)CCc2cc3c(cc2N1)CCN(N=O)CC3. The van der Waals surface area contributed by atoms with Crippen LogP contribution in [0, 0.1) is 4.91 Å². The number of aryl methyl sites for hydroxylation is 1. The molecule has 1 aromatic carbocycles. The third-order valence-electron chi connectivity index (χ3n) is 4.31. The minimum absolute atomic E-state index is 0.183. The van der Waals surface area contributed by atoms with Gasteiger partial charge in [-0.25, -0.2) is 0 Å². The second kappa shape index (κ2) is 4.51. The van der Waals surface area contributed by atoms with Gasteiger partial charge in [0.2, 0.25) is 0 Å². The Balaban J connectivity index is 1.92. The predicted octanol–water partition coefficient (Wildman–Crippen LogP) is 2.91. The van der Waals surface area contributed by atoms with Gasteiger partial charge in [0.1, 0.15) is 0 Å². The summed E-state index contributed by atoms with van der Waals surface area (Å²) in [4.78, 5) is 10.7. The van der Waals surface area contributed by atoms with Crippen molar-refractivity contribution in [3.8, 4) is 0 Å². The van der Waals surface area contributed by atoms with E-state index in [0.717, 1.165) is 32.4 Å². The van der Waals surface area contributed by atoms with E-state index >= 15 is 0 Å². The molecule has 0 unspecified atom stereocenters. The van der Waals surface area contributed by atoms with Crippen molar-refractivity contribution < 1.29 is 0 Å². The van der Waals surface area contributed by atoms with Gasteiger partial charge < -0.3 is 5.32 Å². The summed E-state index contributed by atoms with van der Waals surface area (Å²) in [6.07, 6.45) is 4.15. The first-order chi connectivity index (χ1) is 9.07. The summed E-state index contributed by atoms with van der Waals surface area (Å²) in [5.41, 5.74) is 5.65. The Bertz CT molecular complexity index is 510. The van der Waals surface area contributed by atoms with Crippen LogP contribution in [0.2, 0.25) is 0 Å². The van der Waals surface area contributed by atoms with E-state index in [1.165, 1.54) is 28.8 Å². The van der Waals surface area contributed by atoms with Crippen LogP contribution in [-0.4, -0.2) is 23.6 Å². The van der Waals surface area contributed by atoms with E-state index in [-0.39, 0.29) is 5.54 Å². The van der Waals surface area contributed by atoms with Crippen LogP contribution in [0.15, 0.2) is 17.4 Å². The normalized spacial score (nSPS) is 20.8. The van der Waals surface area contributed by atoms with E-state index in [9.17, 15) is 4.91 Å². The van der Waals surface area contributed by atoms with Gasteiger partial charge in [-0.1, -0.05) is 6.07 Å². The van der Waals surface area contributed by atoms with E-state index < -0.39 is 0 Å². The van der Waals surface area contributed by atoms with Crippen molar-refractivity contribution >= 4 is 5.69 Å². The Labute approximate surface area is 114 Å². The molecule has 2 heterocycles. The second-order valence-corrected chi connectivity index (χ2v) is 6.32. The van der Waals surface area contributed by atoms with Crippen molar-refractivity contribution in [3.63, 3.8) is 0 Å². The van der Waals surface area contributed by atoms with E-state index in [1.807, 2.05) is 0 Å². The third-order valence-corrected chi connectivity index (χ3v) is 4.31. The largest absolute Gasteiger partial charge is 0.380 e. The van der Waals surface area contributed by atoms with Gasteiger partial charge in [-0.05, 0) is 62.3 Å². The average molecular weight is 259 g/mol. The highest BCUT2D eigenvalue weighted by Crippen LogP contribution is 2.33. The summed E-state index contributed by atoms with van der Waals surface area (Å²) in [5, 5.41) is 8.35. The fourth-order valence-electron chi connectivity index (χ4n) is 3.10. The Morgan fingerprint density at radius 2 is 1.79 bits per heavy atom. The van der Waals surface area contributed by atoms with Crippen LogP contribution in [0.3, 0.4) is 0 Å². The van der Waals surface area contributed by atoms with Crippen molar-refractivity contribution in [3.05, 3.63) is 33.7 Å². The van der Waals surface area contributed by atoms with E-state index in [2.05, 4.69) is 36.6 Å². The smallest absolute Gasteiger partial charge is 0.0524 e. The fraction of sp³-hybridized carbons (Fsp3) is 0.600. The molecule has 0 spiro atoms. The predicted molar refractivity (Wildman–Crippen MR) is 77.2 cm³/mol. The number of benzene rings is 1. The van der Waals surface area contributed by atoms with E-state index in [0.29, 0.717) is 0 Å². The van der Waals surface area contributed by atoms with Crippen LogP contribution < -0.4 is 5.32 Å². The molecule has 0 amide bonds. The summed E-state index contributed by atoms with van der Waals surface area (Å²) < 4.78 is 0. The van der Waals surface area contributed by atoms with Gasteiger partial charge in [0.25, 0.3) is 0 Å². The monoisotopic (exact) mass is 259 g/mol. The molecule has 19 heavy (non-hydrogen) atoms. The highest BCUT2D eigenvalue weighted by Gasteiger charge is 2.25. The second-order valence-electron chi connectivity index (χ2n) is 6.32. The number of fused-ring (bicyclic) bond motifs is 2. The van der Waals surface area contributed by atoms with E-state index in [4.69, 9.17) is 0 Å². The maximum atomic E-state index is 10.7. The number of hydrogen-bond donors (Lipinski definition) is 1. The summed E-state index contributed by atoms with van der Waals surface area (Å²) in [6.45, 7) is 5.98. The van der Waals surface area contributed by atoms with Gasteiger partial charge in [-0.15, -0.1) is 4.91 Å². The molecular formula is C15H21N3O. The molecule has 0 fully saturated rings. The number of nitrogens with zero attached hydrogens (tertiary/aromatic N) is 2. The number of hydrogen-bond acceptors (Lipinski definition) is 3. The molecule has 3 rings (SSSR count). The van der Waals surface area contributed by atoms with Crippen molar-refractivity contribution in [1.82, 2.24) is 5.01 Å². The standard InChI is InChI=1S/C15H21N3O/c1-15(2)6-3-13-9-11-4-7-18(17-19)8-5-12(11)10-14(13)16-15/h9-10,16H,3-8H2,1-2H3. The maximum Gasteiger partial charge on any atom is 0.0524 e. The van der Waals surface area contributed by atoms with Crippen molar-refractivity contribution in [2.24, 2.45) is 5.29 Å². The van der Waals surface area contributed by atoms with Crippen LogP contribution in [0.25, 0.3) is 0 Å². The van der Waals surface area contributed by atoms with Crippen LogP contribution in [0.5, 0.6) is 0 Å². The van der Waals surface area contributed by atoms with Gasteiger partial charge >= 0.3 is 0 Å². The number of nitroso groups, excluding NO2 is 1. The molecular weight excluding hydrogens is 238 g/mol. The zero-order valence-electron chi connectivity index (χ0n) is 11.7. The third kappa shape index (κ3) is 2.44. The molecule has 2 aliphatic rings. The quantitative estimate of drug-likeness (QED) is 0.789.